The van der Waals surface area contributed by atoms with Gasteiger partial charge in [-0.3, -0.25) is 19.2 Å². The van der Waals surface area contributed by atoms with E-state index < -0.39 is 10.9 Å². The van der Waals surface area contributed by atoms with Crippen LogP contribution >= 0.6 is 0 Å². The SMILES string of the molecule is CCCCCCCCC(CCCCCCCC)OC(=O)CCCCN(CCCCCCCCCCCC(=O)OCCCC)CCCNc1c(NC)c(=O)c1=O. The van der Waals surface area contributed by atoms with Gasteiger partial charge in [-0.25, -0.2) is 0 Å². The van der Waals surface area contributed by atoms with Gasteiger partial charge in [-0.2, -0.15) is 0 Å². The van der Waals surface area contributed by atoms with Crippen LogP contribution in [0.4, 0.5) is 11.4 Å². The zero-order valence-electron chi connectivity index (χ0n) is 36.2. The predicted octanol–water partition coefficient (Wildman–Crippen LogP) is 11.3. The third-order valence-corrected chi connectivity index (χ3v) is 10.9. The minimum absolute atomic E-state index is 0.0315. The van der Waals surface area contributed by atoms with Crippen molar-refractivity contribution < 1.29 is 19.1 Å². The highest BCUT2D eigenvalue weighted by Gasteiger charge is 2.19. The van der Waals surface area contributed by atoms with Gasteiger partial charge in [0.2, 0.25) is 0 Å². The van der Waals surface area contributed by atoms with E-state index in [1.54, 1.807) is 7.05 Å². The van der Waals surface area contributed by atoms with Gasteiger partial charge in [0.05, 0.1) is 6.61 Å². The van der Waals surface area contributed by atoms with Crippen molar-refractivity contribution in [2.24, 2.45) is 0 Å². The number of hydrogen-bond donors (Lipinski definition) is 2. The number of carbonyl (C=O) groups excluding carboxylic acids is 2. The molecule has 0 spiro atoms. The molecule has 0 aliphatic heterocycles. The van der Waals surface area contributed by atoms with Crippen molar-refractivity contribution in [3.8, 4) is 0 Å². The molecule has 55 heavy (non-hydrogen) atoms. The van der Waals surface area contributed by atoms with Gasteiger partial charge in [0.1, 0.15) is 17.5 Å². The molecular weight excluding hydrogens is 691 g/mol. The smallest absolute Gasteiger partial charge is 0.306 e. The number of rotatable bonds is 41. The third-order valence-electron chi connectivity index (χ3n) is 10.9. The zero-order chi connectivity index (χ0) is 40.2. The Bertz CT molecular complexity index is 1120. The summed E-state index contributed by atoms with van der Waals surface area (Å²) in [5.74, 6) is -0.0798. The van der Waals surface area contributed by atoms with E-state index in [0.29, 0.717) is 37.4 Å². The largest absolute Gasteiger partial charge is 0.466 e. The molecule has 0 saturated heterocycles. The van der Waals surface area contributed by atoms with Crippen LogP contribution in [0.25, 0.3) is 0 Å². The van der Waals surface area contributed by atoms with Gasteiger partial charge in [-0.15, -0.1) is 0 Å². The van der Waals surface area contributed by atoms with Gasteiger partial charge < -0.3 is 25.0 Å². The summed E-state index contributed by atoms with van der Waals surface area (Å²) >= 11 is 0. The van der Waals surface area contributed by atoms with Gasteiger partial charge in [0.15, 0.2) is 0 Å². The molecule has 0 aromatic heterocycles. The average Bonchev–Trinajstić information content (AvgIpc) is 3.18. The molecule has 320 valence electrons. The Balaban J connectivity index is 2.43. The van der Waals surface area contributed by atoms with Crippen molar-refractivity contribution in [2.75, 3.05) is 50.5 Å². The molecular formula is C46H85N3O6. The average molecular weight is 776 g/mol. The molecule has 9 nitrogen and oxygen atoms in total. The van der Waals surface area contributed by atoms with Crippen LogP contribution in [0.1, 0.15) is 213 Å². The lowest BCUT2D eigenvalue weighted by molar-refractivity contribution is -0.150. The number of nitrogens with one attached hydrogen (secondary N) is 2. The van der Waals surface area contributed by atoms with E-state index in [9.17, 15) is 19.2 Å². The fraction of sp³-hybridized carbons (Fsp3) is 0.870. The second-order valence-corrected chi connectivity index (χ2v) is 16.0. The second kappa shape index (κ2) is 36.0. The Labute approximate surface area is 336 Å². The standard InChI is InChI=1S/C46H85N3O6/c1-5-8-11-13-20-24-31-40(32-25-21-14-12-9-6-2)55-42(51)34-27-29-37-49(38-30-35-48-44-43(47-4)45(52)46(44)53)36-28-23-19-17-15-16-18-22-26-33-41(50)54-39-10-7-3/h40,47-48H,5-39H2,1-4H3. The summed E-state index contributed by atoms with van der Waals surface area (Å²) in [6, 6.07) is 0. The van der Waals surface area contributed by atoms with E-state index in [2.05, 4.69) is 36.3 Å². The normalized spacial score (nSPS) is 11.5. The van der Waals surface area contributed by atoms with Gasteiger partial charge in [0.25, 0.3) is 10.9 Å². The summed E-state index contributed by atoms with van der Waals surface area (Å²) in [6.07, 6.45) is 33.4. The molecule has 0 amide bonds. The maximum atomic E-state index is 13.0. The molecule has 1 aromatic rings. The lowest BCUT2D eigenvalue weighted by Gasteiger charge is -2.23. The first kappa shape index (κ1) is 50.6. The van der Waals surface area contributed by atoms with Crippen molar-refractivity contribution in [1.29, 1.82) is 0 Å². The third kappa shape index (κ3) is 27.0. The van der Waals surface area contributed by atoms with E-state index in [1.165, 1.54) is 103 Å². The van der Waals surface area contributed by atoms with Crippen LogP contribution in [0.5, 0.6) is 0 Å². The molecule has 1 rings (SSSR count). The van der Waals surface area contributed by atoms with Crippen molar-refractivity contribution in [3.63, 3.8) is 0 Å². The fourth-order valence-electron chi connectivity index (χ4n) is 7.31. The highest BCUT2D eigenvalue weighted by atomic mass is 16.5. The number of anilines is 2. The Morgan fingerprint density at radius 1 is 0.527 bits per heavy atom. The molecule has 0 fully saturated rings. The van der Waals surface area contributed by atoms with Crippen LogP contribution in [0.15, 0.2) is 9.59 Å². The molecule has 0 unspecified atom stereocenters. The first-order valence-electron chi connectivity index (χ1n) is 23.2. The topological polar surface area (TPSA) is 114 Å². The van der Waals surface area contributed by atoms with E-state index >= 15 is 0 Å². The number of nitrogens with zero attached hydrogens (tertiary/aromatic N) is 1. The predicted molar refractivity (Wildman–Crippen MR) is 232 cm³/mol. The second-order valence-electron chi connectivity index (χ2n) is 16.0. The number of carbonyl (C=O) groups is 2. The maximum Gasteiger partial charge on any atom is 0.306 e. The zero-order valence-corrected chi connectivity index (χ0v) is 36.2. The van der Waals surface area contributed by atoms with Crippen LogP contribution in [-0.4, -0.2) is 62.8 Å². The Kier molecular flexibility index (Phi) is 33.1. The minimum atomic E-state index is -0.443. The first-order valence-corrected chi connectivity index (χ1v) is 23.2. The van der Waals surface area contributed by atoms with Crippen molar-refractivity contribution >= 4 is 23.3 Å². The Hall–Kier alpha value is -2.42. The Morgan fingerprint density at radius 2 is 0.964 bits per heavy atom. The molecule has 9 heteroatoms. The molecule has 0 aliphatic carbocycles. The van der Waals surface area contributed by atoms with Crippen LogP contribution in [0.3, 0.4) is 0 Å². The summed E-state index contributed by atoms with van der Waals surface area (Å²) in [5.41, 5.74) is -0.0796. The van der Waals surface area contributed by atoms with Gasteiger partial charge >= 0.3 is 11.9 Å². The molecule has 0 saturated carbocycles. The van der Waals surface area contributed by atoms with Gasteiger partial charge in [0, 0.05) is 26.4 Å². The van der Waals surface area contributed by atoms with Crippen LogP contribution in [0.2, 0.25) is 0 Å². The van der Waals surface area contributed by atoms with E-state index in [1.807, 2.05) is 0 Å². The summed E-state index contributed by atoms with van der Waals surface area (Å²) in [5, 5.41) is 6.00. The van der Waals surface area contributed by atoms with Crippen LogP contribution in [0, 0.1) is 0 Å². The molecule has 2 N–H and O–H groups in total. The highest BCUT2D eigenvalue weighted by molar-refractivity contribution is 5.73. The molecule has 0 bridgehead atoms. The number of esters is 2. The van der Waals surface area contributed by atoms with Crippen molar-refractivity contribution in [1.82, 2.24) is 4.90 Å². The lowest BCUT2D eigenvalue weighted by Crippen LogP contribution is -2.37. The molecule has 0 atom stereocenters. The van der Waals surface area contributed by atoms with Gasteiger partial charge in [-0.1, -0.05) is 136 Å². The minimum Gasteiger partial charge on any atom is -0.466 e. The first-order chi connectivity index (χ1) is 26.9. The number of unbranched alkanes of at least 4 members (excludes halogenated alkanes) is 20. The number of ether oxygens (including phenoxy) is 2. The summed E-state index contributed by atoms with van der Waals surface area (Å²) in [7, 11) is 1.67. The Morgan fingerprint density at radius 3 is 1.53 bits per heavy atom. The van der Waals surface area contributed by atoms with Crippen LogP contribution in [-0.2, 0) is 19.1 Å². The molecule has 0 aliphatic rings. The highest BCUT2D eigenvalue weighted by Crippen LogP contribution is 2.19. The molecule has 0 heterocycles. The lowest BCUT2D eigenvalue weighted by atomic mass is 10.0. The quantitative estimate of drug-likeness (QED) is 0.0381. The van der Waals surface area contributed by atoms with E-state index in [0.717, 1.165) is 96.7 Å². The van der Waals surface area contributed by atoms with E-state index in [-0.39, 0.29) is 18.0 Å². The van der Waals surface area contributed by atoms with Crippen molar-refractivity contribution in [2.45, 2.75) is 219 Å². The van der Waals surface area contributed by atoms with Gasteiger partial charge in [-0.05, 0) is 83.8 Å². The molecule has 1 aromatic carbocycles. The summed E-state index contributed by atoms with van der Waals surface area (Å²) in [4.78, 5) is 50.9. The van der Waals surface area contributed by atoms with Crippen LogP contribution < -0.4 is 21.5 Å². The maximum absolute atomic E-state index is 13.0. The van der Waals surface area contributed by atoms with E-state index in [4.69, 9.17) is 9.47 Å². The number of hydrogen-bond acceptors (Lipinski definition) is 9. The summed E-state index contributed by atoms with van der Waals surface area (Å²) in [6.45, 7) is 10.7. The monoisotopic (exact) mass is 776 g/mol. The molecule has 0 radical (unpaired) electrons. The summed E-state index contributed by atoms with van der Waals surface area (Å²) < 4.78 is 11.3. The van der Waals surface area contributed by atoms with Crippen molar-refractivity contribution in [3.05, 3.63) is 20.4 Å². The fourth-order valence-corrected chi connectivity index (χ4v) is 7.31.